The monoisotopic (exact) mass is 376 g/mol. The molecule has 1 fully saturated rings. The van der Waals surface area contributed by atoms with Crippen molar-refractivity contribution in [2.24, 2.45) is 0 Å². The summed E-state index contributed by atoms with van der Waals surface area (Å²) in [7, 11) is 0. The summed E-state index contributed by atoms with van der Waals surface area (Å²) >= 11 is 0. The number of anilines is 1. The molecule has 3 aromatic rings. The van der Waals surface area contributed by atoms with E-state index in [-0.39, 0.29) is 12.4 Å². The van der Waals surface area contributed by atoms with Crippen LogP contribution < -0.4 is 4.90 Å². The number of halogens is 1. The maximum atomic E-state index is 2.64. The minimum Gasteiger partial charge on any atom is -0.362 e. The summed E-state index contributed by atoms with van der Waals surface area (Å²) in [5.74, 6) is 0. The summed E-state index contributed by atoms with van der Waals surface area (Å²) in [6.07, 6.45) is 1.04. The average Bonchev–Trinajstić information content (AvgIpc) is 2.83. The number of nitrogens with zero attached hydrogens (tertiary/aromatic N) is 2. The first-order valence-electron chi connectivity index (χ1n) is 9.57. The van der Waals surface area contributed by atoms with Crippen LogP contribution in [0.2, 0.25) is 0 Å². The van der Waals surface area contributed by atoms with Crippen LogP contribution in [0.1, 0.15) is 28.3 Å². The molecule has 0 radical (unpaired) electrons. The Kier molecular flexibility index (Phi) is 5.20. The number of benzene rings is 3. The zero-order valence-electron chi connectivity index (χ0n) is 15.4. The van der Waals surface area contributed by atoms with Crippen molar-refractivity contribution < 1.29 is 0 Å². The van der Waals surface area contributed by atoms with Gasteiger partial charge >= 0.3 is 0 Å². The van der Waals surface area contributed by atoms with Gasteiger partial charge in [0.15, 0.2) is 0 Å². The topological polar surface area (TPSA) is 6.48 Å². The summed E-state index contributed by atoms with van der Waals surface area (Å²) in [5.41, 5.74) is 7.27. The Balaban J connectivity index is 0.00000180. The molecule has 2 nitrogen and oxygen atoms in total. The lowest BCUT2D eigenvalue weighted by atomic mass is 9.96. The average molecular weight is 377 g/mol. The van der Waals surface area contributed by atoms with Crippen molar-refractivity contribution in [1.82, 2.24) is 4.90 Å². The highest BCUT2D eigenvalue weighted by molar-refractivity contribution is 5.85. The normalized spacial score (nSPS) is 18.5. The maximum Gasteiger partial charge on any atom is 0.0673 e. The number of hydrogen-bond donors (Lipinski definition) is 0. The van der Waals surface area contributed by atoms with Crippen molar-refractivity contribution in [3.8, 4) is 0 Å². The van der Waals surface area contributed by atoms with E-state index in [2.05, 4.69) is 88.7 Å². The maximum absolute atomic E-state index is 2.64. The van der Waals surface area contributed by atoms with Crippen LogP contribution in [0, 0.1) is 0 Å². The molecular formula is C24H25ClN2. The third kappa shape index (κ3) is 3.47. The van der Waals surface area contributed by atoms with Gasteiger partial charge in [0.05, 0.1) is 6.04 Å². The summed E-state index contributed by atoms with van der Waals surface area (Å²) in [4.78, 5) is 5.25. The second-order valence-electron chi connectivity index (χ2n) is 7.43. The Morgan fingerprint density at radius 1 is 0.741 bits per heavy atom. The van der Waals surface area contributed by atoms with Gasteiger partial charge in [0.25, 0.3) is 0 Å². The molecule has 0 saturated carbocycles. The van der Waals surface area contributed by atoms with Crippen molar-refractivity contribution in [3.05, 3.63) is 101 Å². The summed E-state index contributed by atoms with van der Waals surface area (Å²) in [6.45, 7) is 4.32. The molecule has 0 N–H and O–H groups in total. The first-order valence-corrected chi connectivity index (χ1v) is 9.57. The molecular weight excluding hydrogens is 352 g/mol. The van der Waals surface area contributed by atoms with Gasteiger partial charge in [-0.25, -0.2) is 0 Å². The van der Waals surface area contributed by atoms with Crippen LogP contribution >= 0.6 is 12.4 Å². The molecule has 2 aliphatic heterocycles. The quantitative estimate of drug-likeness (QED) is 0.615. The molecule has 1 unspecified atom stereocenters. The van der Waals surface area contributed by atoms with Crippen LogP contribution in [-0.4, -0.2) is 24.5 Å². The molecule has 138 valence electrons. The molecule has 0 aliphatic carbocycles. The highest BCUT2D eigenvalue weighted by Gasteiger charge is 2.32. The Labute approximate surface area is 167 Å². The molecule has 0 aromatic heterocycles. The number of fused-ring (bicyclic) bond motifs is 5. The molecule has 1 atom stereocenters. The van der Waals surface area contributed by atoms with Crippen molar-refractivity contribution in [3.63, 3.8) is 0 Å². The second-order valence-corrected chi connectivity index (χ2v) is 7.43. The van der Waals surface area contributed by atoms with Crippen LogP contribution in [0.5, 0.6) is 0 Å². The predicted octanol–water partition coefficient (Wildman–Crippen LogP) is 5.08. The first kappa shape index (κ1) is 18.1. The van der Waals surface area contributed by atoms with Crippen LogP contribution in [-0.2, 0) is 13.0 Å². The van der Waals surface area contributed by atoms with Crippen molar-refractivity contribution in [1.29, 1.82) is 0 Å². The van der Waals surface area contributed by atoms with Crippen molar-refractivity contribution in [2.75, 3.05) is 24.5 Å². The molecule has 0 bridgehead atoms. The fourth-order valence-electron chi connectivity index (χ4n) is 4.55. The van der Waals surface area contributed by atoms with Gasteiger partial charge in [-0.1, -0.05) is 72.8 Å². The highest BCUT2D eigenvalue weighted by atomic mass is 35.5. The molecule has 0 amide bonds. The fourth-order valence-corrected chi connectivity index (χ4v) is 4.55. The van der Waals surface area contributed by atoms with Crippen LogP contribution in [0.4, 0.5) is 5.69 Å². The summed E-state index contributed by atoms with van der Waals surface area (Å²) in [5, 5.41) is 0. The molecule has 3 aromatic carbocycles. The molecule has 27 heavy (non-hydrogen) atoms. The number of para-hydroxylation sites is 1. The largest absolute Gasteiger partial charge is 0.362 e. The van der Waals surface area contributed by atoms with Crippen LogP contribution in [0.15, 0.2) is 78.9 Å². The number of piperazine rings is 1. The van der Waals surface area contributed by atoms with Gasteiger partial charge in [-0.3, -0.25) is 4.90 Å². The lowest BCUT2D eigenvalue weighted by Crippen LogP contribution is -2.48. The van der Waals surface area contributed by atoms with Gasteiger partial charge in [0.1, 0.15) is 0 Å². The lowest BCUT2D eigenvalue weighted by molar-refractivity contribution is 0.215. The summed E-state index contributed by atoms with van der Waals surface area (Å²) < 4.78 is 0. The minimum atomic E-state index is 0. The van der Waals surface area contributed by atoms with Gasteiger partial charge in [0.2, 0.25) is 0 Å². The van der Waals surface area contributed by atoms with Crippen molar-refractivity contribution >= 4 is 18.1 Å². The van der Waals surface area contributed by atoms with Crippen LogP contribution in [0.25, 0.3) is 0 Å². The number of hydrogen-bond acceptors (Lipinski definition) is 2. The number of rotatable bonds is 2. The van der Waals surface area contributed by atoms with E-state index in [1.165, 1.54) is 27.9 Å². The van der Waals surface area contributed by atoms with Gasteiger partial charge in [-0.05, 0) is 34.7 Å². The molecule has 3 heteroatoms. The van der Waals surface area contributed by atoms with E-state index in [9.17, 15) is 0 Å². The highest BCUT2D eigenvalue weighted by Crippen LogP contribution is 2.39. The van der Waals surface area contributed by atoms with E-state index in [0.717, 1.165) is 32.6 Å². The van der Waals surface area contributed by atoms with E-state index in [4.69, 9.17) is 0 Å². The third-order valence-corrected chi connectivity index (χ3v) is 5.81. The molecule has 5 rings (SSSR count). The standard InChI is InChI=1S/C24H24N2.ClH/c1-2-8-19(9-3-1)17-25-14-15-26-23-13-7-5-11-21(23)16-20-10-4-6-12-22(20)24(26)18-25;/h1-13,24H,14-18H2;1H. The molecule has 2 aliphatic rings. The predicted molar refractivity (Wildman–Crippen MR) is 115 cm³/mol. The van der Waals surface area contributed by atoms with Crippen molar-refractivity contribution in [2.45, 2.75) is 19.0 Å². The Morgan fingerprint density at radius 2 is 1.44 bits per heavy atom. The molecule has 1 saturated heterocycles. The van der Waals surface area contributed by atoms with Gasteiger partial charge in [0, 0.05) is 31.9 Å². The van der Waals surface area contributed by atoms with Gasteiger partial charge in [-0.2, -0.15) is 0 Å². The van der Waals surface area contributed by atoms with E-state index >= 15 is 0 Å². The first-order chi connectivity index (χ1) is 12.9. The van der Waals surface area contributed by atoms with Gasteiger partial charge in [-0.15, -0.1) is 12.4 Å². The molecule has 0 spiro atoms. The van der Waals surface area contributed by atoms with Gasteiger partial charge < -0.3 is 4.90 Å². The Bertz CT molecular complexity index is 909. The lowest BCUT2D eigenvalue weighted by Gasteiger charge is -2.43. The zero-order chi connectivity index (χ0) is 17.3. The SMILES string of the molecule is Cl.c1ccc(CN2CCN3c4ccccc4Cc4ccccc4C3C2)cc1. The van der Waals surface area contributed by atoms with E-state index in [1.54, 1.807) is 0 Å². The van der Waals surface area contributed by atoms with E-state index in [0.29, 0.717) is 6.04 Å². The fraction of sp³-hybridized carbons (Fsp3) is 0.250. The molecule has 2 heterocycles. The van der Waals surface area contributed by atoms with E-state index in [1.807, 2.05) is 0 Å². The minimum absolute atomic E-state index is 0. The summed E-state index contributed by atoms with van der Waals surface area (Å²) in [6, 6.07) is 29.3. The van der Waals surface area contributed by atoms with Crippen LogP contribution in [0.3, 0.4) is 0 Å². The smallest absolute Gasteiger partial charge is 0.0673 e. The van der Waals surface area contributed by atoms with E-state index < -0.39 is 0 Å². The Morgan fingerprint density at radius 3 is 2.30 bits per heavy atom. The third-order valence-electron chi connectivity index (χ3n) is 5.81. The second kappa shape index (κ2) is 7.75. The Hall–Kier alpha value is -2.29. The zero-order valence-corrected chi connectivity index (χ0v) is 16.2.